The molecule has 1 atom stereocenters. The number of aliphatic hydroxyl groups is 1. The van der Waals surface area contributed by atoms with E-state index in [1.807, 2.05) is 48.5 Å². The molecule has 0 unspecified atom stereocenters. The van der Waals surface area contributed by atoms with Crippen LogP contribution >= 0.6 is 23.4 Å². The zero-order chi connectivity index (χ0) is 12.3. The van der Waals surface area contributed by atoms with Crippen LogP contribution in [0.5, 0.6) is 0 Å². The third-order valence-corrected chi connectivity index (χ3v) is 3.76. The predicted octanol–water partition coefficient (Wildman–Crippen LogP) is 4.54. The van der Waals surface area contributed by atoms with Crippen molar-refractivity contribution in [2.24, 2.45) is 0 Å². The first-order valence-electron chi connectivity index (χ1n) is 5.37. The summed E-state index contributed by atoms with van der Waals surface area (Å²) in [6, 6.07) is 15.6. The Balaban J connectivity index is 2.26. The van der Waals surface area contributed by atoms with Gasteiger partial charge in [-0.3, -0.25) is 0 Å². The second-order valence-electron chi connectivity index (χ2n) is 3.77. The first-order valence-corrected chi connectivity index (χ1v) is 6.56. The molecule has 3 heteroatoms. The highest BCUT2D eigenvalue weighted by molar-refractivity contribution is 7.99. The summed E-state index contributed by atoms with van der Waals surface area (Å²) in [6.45, 7) is 1.78. The fourth-order valence-electron chi connectivity index (χ4n) is 1.55. The number of aliphatic hydroxyl groups excluding tert-OH is 1. The number of benzene rings is 2. The van der Waals surface area contributed by atoms with E-state index in [-0.39, 0.29) is 0 Å². The highest BCUT2D eigenvalue weighted by Gasteiger charge is 2.08. The van der Waals surface area contributed by atoms with Gasteiger partial charge in [0.1, 0.15) is 0 Å². The summed E-state index contributed by atoms with van der Waals surface area (Å²) in [4.78, 5) is 2.19. The highest BCUT2D eigenvalue weighted by Crippen LogP contribution is 2.33. The van der Waals surface area contributed by atoms with Crippen molar-refractivity contribution in [3.05, 3.63) is 59.1 Å². The first kappa shape index (κ1) is 12.5. The van der Waals surface area contributed by atoms with Crippen LogP contribution in [0.3, 0.4) is 0 Å². The van der Waals surface area contributed by atoms with Gasteiger partial charge in [0.05, 0.1) is 6.10 Å². The Morgan fingerprint density at radius 2 is 1.71 bits per heavy atom. The molecule has 0 spiro atoms. The molecule has 0 aliphatic rings. The molecule has 0 bridgehead atoms. The van der Waals surface area contributed by atoms with E-state index in [9.17, 15) is 5.11 Å². The summed E-state index contributed by atoms with van der Waals surface area (Å²) < 4.78 is 0. The molecular weight excluding hydrogens is 252 g/mol. The van der Waals surface area contributed by atoms with E-state index in [1.54, 1.807) is 18.7 Å². The van der Waals surface area contributed by atoms with Gasteiger partial charge in [0.2, 0.25) is 0 Å². The molecule has 0 amide bonds. The van der Waals surface area contributed by atoms with Gasteiger partial charge >= 0.3 is 0 Å². The minimum absolute atomic E-state index is 0.453. The average Bonchev–Trinajstić information content (AvgIpc) is 2.32. The lowest BCUT2D eigenvalue weighted by molar-refractivity contribution is 0.196. The van der Waals surface area contributed by atoms with Gasteiger partial charge in [0, 0.05) is 14.8 Å². The van der Waals surface area contributed by atoms with E-state index in [2.05, 4.69) is 0 Å². The van der Waals surface area contributed by atoms with Crippen LogP contribution in [0.4, 0.5) is 0 Å². The number of rotatable bonds is 3. The van der Waals surface area contributed by atoms with E-state index >= 15 is 0 Å². The number of hydrogen-bond donors (Lipinski definition) is 1. The average molecular weight is 265 g/mol. The Morgan fingerprint density at radius 1 is 1.06 bits per heavy atom. The molecule has 17 heavy (non-hydrogen) atoms. The van der Waals surface area contributed by atoms with Crippen LogP contribution in [0.2, 0.25) is 5.02 Å². The molecular formula is C14H13ClOS. The molecule has 0 radical (unpaired) electrons. The summed E-state index contributed by atoms with van der Waals surface area (Å²) in [5, 5.41) is 10.4. The van der Waals surface area contributed by atoms with Gasteiger partial charge in [-0.2, -0.15) is 0 Å². The van der Waals surface area contributed by atoms with E-state index < -0.39 is 6.10 Å². The fraction of sp³-hybridized carbons (Fsp3) is 0.143. The molecule has 0 saturated heterocycles. The van der Waals surface area contributed by atoms with Gasteiger partial charge in [0.15, 0.2) is 0 Å². The quantitative estimate of drug-likeness (QED) is 0.878. The van der Waals surface area contributed by atoms with Crippen molar-refractivity contribution < 1.29 is 5.11 Å². The van der Waals surface area contributed by atoms with Crippen molar-refractivity contribution in [3.8, 4) is 0 Å². The van der Waals surface area contributed by atoms with Crippen molar-refractivity contribution in [1.29, 1.82) is 0 Å². The van der Waals surface area contributed by atoms with E-state index in [0.717, 1.165) is 20.4 Å². The largest absolute Gasteiger partial charge is 0.389 e. The molecule has 2 aromatic rings. The van der Waals surface area contributed by atoms with Gasteiger partial charge in [-0.25, -0.2) is 0 Å². The molecule has 2 aromatic carbocycles. The molecule has 0 heterocycles. The lowest BCUT2D eigenvalue weighted by atomic mass is 10.1. The maximum absolute atomic E-state index is 9.69. The second-order valence-corrected chi connectivity index (χ2v) is 5.32. The SMILES string of the molecule is C[C@@H](O)c1ccccc1Sc1ccc(Cl)cc1. The maximum Gasteiger partial charge on any atom is 0.0772 e. The lowest BCUT2D eigenvalue weighted by Gasteiger charge is -2.11. The van der Waals surface area contributed by atoms with Crippen LogP contribution in [0.15, 0.2) is 58.3 Å². The first-order chi connectivity index (χ1) is 8.16. The Labute approximate surface area is 110 Å². The zero-order valence-corrected chi connectivity index (χ0v) is 11.0. The normalized spacial score (nSPS) is 12.4. The Morgan fingerprint density at radius 3 is 2.35 bits per heavy atom. The minimum atomic E-state index is -0.453. The van der Waals surface area contributed by atoms with Crippen molar-refractivity contribution in [3.63, 3.8) is 0 Å². The summed E-state index contributed by atoms with van der Waals surface area (Å²) in [7, 11) is 0. The van der Waals surface area contributed by atoms with E-state index in [4.69, 9.17) is 11.6 Å². The van der Waals surface area contributed by atoms with Crippen molar-refractivity contribution in [1.82, 2.24) is 0 Å². The van der Waals surface area contributed by atoms with Gasteiger partial charge < -0.3 is 5.11 Å². The smallest absolute Gasteiger partial charge is 0.0772 e. The van der Waals surface area contributed by atoms with Crippen molar-refractivity contribution in [2.75, 3.05) is 0 Å². The van der Waals surface area contributed by atoms with Crippen LogP contribution < -0.4 is 0 Å². The minimum Gasteiger partial charge on any atom is -0.389 e. The van der Waals surface area contributed by atoms with E-state index in [1.165, 1.54) is 0 Å². The van der Waals surface area contributed by atoms with Crippen LogP contribution in [-0.2, 0) is 0 Å². The molecule has 0 fully saturated rings. The topological polar surface area (TPSA) is 20.2 Å². The highest BCUT2D eigenvalue weighted by atomic mass is 35.5. The van der Waals surface area contributed by atoms with Crippen LogP contribution in [-0.4, -0.2) is 5.11 Å². The van der Waals surface area contributed by atoms with Gasteiger partial charge in [-0.1, -0.05) is 41.6 Å². The predicted molar refractivity (Wildman–Crippen MR) is 72.7 cm³/mol. The third kappa shape index (κ3) is 3.25. The second kappa shape index (κ2) is 5.58. The zero-order valence-electron chi connectivity index (χ0n) is 9.43. The molecule has 0 aliphatic carbocycles. The summed E-state index contributed by atoms with van der Waals surface area (Å²) in [6.07, 6.45) is -0.453. The summed E-state index contributed by atoms with van der Waals surface area (Å²) >= 11 is 7.48. The molecule has 0 aliphatic heterocycles. The van der Waals surface area contributed by atoms with Gasteiger partial charge in [0.25, 0.3) is 0 Å². The van der Waals surface area contributed by atoms with E-state index in [0.29, 0.717) is 0 Å². The monoisotopic (exact) mass is 264 g/mol. The van der Waals surface area contributed by atoms with Gasteiger partial charge in [-0.15, -0.1) is 0 Å². The van der Waals surface area contributed by atoms with Crippen molar-refractivity contribution in [2.45, 2.75) is 22.8 Å². The molecule has 0 aromatic heterocycles. The fourth-order valence-corrected chi connectivity index (χ4v) is 2.70. The molecule has 88 valence electrons. The summed E-state index contributed by atoms with van der Waals surface area (Å²) in [5.74, 6) is 0. The van der Waals surface area contributed by atoms with Crippen LogP contribution in [0, 0.1) is 0 Å². The summed E-state index contributed by atoms with van der Waals surface area (Å²) in [5.41, 5.74) is 0.951. The Kier molecular flexibility index (Phi) is 4.11. The van der Waals surface area contributed by atoms with Gasteiger partial charge in [-0.05, 0) is 42.8 Å². The molecule has 1 N–H and O–H groups in total. The lowest BCUT2D eigenvalue weighted by Crippen LogP contribution is -1.93. The molecule has 2 rings (SSSR count). The third-order valence-electron chi connectivity index (χ3n) is 2.41. The number of halogens is 1. The van der Waals surface area contributed by atoms with Crippen LogP contribution in [0.1, 0.15) is 18.6 Å². The maximum atomic E-state index is 9.69. The standard InChI is InChI=1S/C14H13ClOS/c1-10(16)13-4-2-3-5-14(13)17-12-8-6-11(15)7-9-12/h2-10,16H,1H3/t10-/m1/s1. The molecule has 0 saturated carbocycles. The Bertz CT molecular complexity index is 494. The number of hydrogen-bond acceptors (Lipinski definition) is 2. The van der Waals surface area contributed by atoms with Crippen molar-refractivity contribution >= 4 is 23.4 Å². The van der Waals surface area contributed by atoms with Crippen LogP contribution in [0.25, 0.3) is 0 Å². The molecule has 1 nitrogen and oxygen atoms in total. The Hall–Kier alpha value is -0.960.